The summed E-state index contributed by atoms with van der Waals surface area (Å²) < 4.78 is 26.7. The molecule has 0 fully saturated rings. The molecule has 5 nitrogen and oxygen atoms in total. The van der Waals surface area contributed by atoms with Crippen LogP contribution in [0.3, 0.4) is 0 Å². The average molecular weight is 493 g/mol. The molecule has 0 spiro atoms. The van der Waals surface area contributed by atoms with Crippen molar-refractivity contribution < 1.29 is 19.0 Å². The molecule has 192 valence electrons. The van der Waals surface area contributed by atoms with Crippen LogP contribution in [0.5, 0.6) is 17.2 Å². The number of nitrogens with two attached hydrogens (primary N) is 1. The largest absolute Gasteiger partial charge is 0.507 e. The average Bonchev–Trinajstić information content (AvgIpc) is 2.90. The highest BCUT2D eigenvalue weighted by atomic mass is 19.1. The van der Waals surface area contributed by atoms with E-state index >= 15 is 4.39 Å². The Kier molecular flexibility index (Phi) is 8.36. The zero-order chi connectivity index (χ0) is 25.7. The minimum absolute atomic E-state index is 0.000350. The first-order valence-corrected chi connectivity index (χ1v) is 12.9. The summed E-state index contributed by atoms with van der Waals surface area (Å²) in [5.41, 5.74) is 11.4. The number of phenolic OH excluding ortho intramolecular Hbond substituents is 1. The van der Waals surface area contributed by atoms with E-state index in [-0.39, 0.29) is 17.2 Å². The summed E-state index contributed by atoms with van der Waals surface area (Å²) in [4.78, 5) is 0. The third kappa shape index (κ3) is 5.59. The predicted molar refractivity (Wildman–Crippen MR) is 144 cm³/mol. The van der Waals surface area contributed by atoms with Gasteiger partial charge in [0.15, 0.2) is 11.6 Å². The second-order valence-electron chi connectivity index (χ2n) is 9.58. The number of hydrogen-bond donors (Lipinski definition) is 3. The number of aromatic hydroxyl groups is 1. The predicted octanol–water partition coefficient (Wildman–Crippen LogP) is 6.03. The fourth-order valence-electron chi connectivity index (χ4n) is 4.92. The van der Waals surface area contributed by atoms with Crippen LogP contribution in [-0.2, 0) is 19.3 Å². The number of ether oxygens (including phenoxy) is 2. The smallest absolute Gasteiger partial charge is 0.188 e. The van der Waals surface area contributed by atoms with Crippen LogP contribution in [0.4, 0.5) is 10.1 Å². The number of rotatable bonds is 10. The Morgan fingerprint density at radius 1 is 1.11 bits per heavy atom. The molecule has 0 aromatic heterocycles. The molecule has 3 aromatic rings. The van der Waals surface area contributed by atoms with Crippen molar-refractivity contribution in [1.82, 2.24) is 5.32 Å². The molecule has 36 heavy (non-hydrogen) atoms. The van der Waals surface area contributed by atoms with E-state index in [4.69, 9.17) is 15.2 Å². The fourth-order valence-corrected chi connectivity index (χ4v) is 4.92. The number of anilines is 1. The lowest BCUT2D eigenvalue weighted by Gasteiger charge is -2.23. The Balaban J connectivity index is 1.60. The van der Waals surface area contributed by atoms with Crippen LogP contribution in [0, 0.1) is 5.82 Å². The van der Waals surface area contributed by atoms with Crippen LogP contribution < -0.4 is 20.5 Å². The van der Waals surface area contributed by atoms with E-state index in [1.165, 1.54) is 12.7 Å². The van der Waals surface area contributed by atoms with Crippen molar-refractivity contribution in [2.75, 3.05) is 26.0 Å². The van der Waals surface area contributed by atoms with Gasteiger partial charge in [-0.05, 0) is 80.0 Å². The van der Waals surface area contributed by atoms with E-state index in [9.17, 15) is 5.11 Å². The van der Waals surface area contributed by atoms with Gasteiger partial charge >= 0.3 is 0 Å². The summed E-state index contributed by atoms with van der Waals surface area (Å²) in [5, 5.41) is 14.2. The van der Waals surface area contributed by atoms with Gasteiger partial charge in [0.2, 0.25) is 0 Å². The molecule has 6 heteroatoms. The molecule has 4 N–H and O–H groups in total. The van der Waals surface area contributed by atoms with Crippen LogP contribution in [0.15, 0.2) is 42.5 Å². The van der Waals surface area contributed by atoms with Crippen molar-refractivity contribution in [1.29, 1.82) is 0 Å². The van der Waals surface area contributed by atoms with E-state index in [1.807, 2.05) is 36.4 Å². The Hall–Kier alpha value is -3.25. The zero-order valence-corrected chi connectivity index (χ0v) is 21.5. The van der Waals surface area contributed by atoms with E-state index in [1.54, 1.807) is 6.07 Å². The van der Waals surface area contributed by atoms with Gasteiger partial charge in [-0.3, -0.25) is 0 Å². The highest BCUT2D eigenvalue weighted by molar-refractivity contribution is 5.85. The normalized spacial score (nSPS) is 13.8. The van der Waals surface area contributed by atoms with E-state index in [0.717, 1.165) is 55.5 Å². The molecule has 0 saturated carbocycles. The highest BCUT2D eigenvalue weighted by Crippen LogP contribution is 2.44. The van der Waals surface area contributed by atoms with Gasteiger partial charge in [-0.2, -0.15) is 0 Å². The number of halogens is 1. The van der Waals surface area contributed by atoms with Gasteiger partial charge in [-0.15, -0.1) is 0 Å². The van der Waals surface area contributed by atoms with Crippen molar-refractivity contribution in [3.8, 4) is 28.4 Å². The number of aryl methyl sites for hydroxylation is 1. The second kappa shape index (κ2) is 11.7. The molecule has 1 aliphatic rings. The van der Waals surface area contributed by atoms with Crippen LogP contribution in [0.1, 0.15) is 55.4 Å². The van der Waals surface area contributed by atoms with Gasteiger partial charge in [0, 0.05) is 35.7 Å². The Bertz CT molecular complexity index is 1190. The first-order valence-electron chi connectivity index (χ1n) is 12.9. The Morgan fingerprint density at radius 3 is 2.58 bits per heavy atom. The number of nitrogens with one attached hydrogen (secondary N) is 1. The maximum Gasteiger partial charge on any atom is 0.188 e. The van der Waals surface area contributed by atoms with Gasteiger partial charge in [0.1, 0.15) is 18.1 Å². The van der Waals surface area contributed by atoms with Crippen molar-refractivity contribution in [2.24, 2.45) is 0 Å². The van der Waals surface area contributed by atoms with E-state index in [0.29, 0.717) is 35.8 Å². The topological polar surface area (TPSA) is 76.7 Å². The van der Waals surface area contributed by atoms with Crippen LogP contribution >= 0.6 is 0 Å². The summed E-state index contributed by atoms with van der Waals surface area (Å²) in [5.74, 6) is 0.465. The zero-order valence-electron chi connectivity index (χ0n) is 21.5. The summed E-state index contributed by atoms with van der Waals surface area (Å²) in [6.07, 6.45) is 5.49. The third-order valence-corrected chi connectivity index (χ3v) is 7.11. The number of nitrogen functional groups attached to an aromatic ring is 1. The van der Waals surface area contributed by atoms with Gasteiger partial charge < -0.3 is 25.6 Å². The van der Waals surface area contributed by atoms with Crippen LogP contribution in [0.25, 0.3) is 11.1 Å². The SMILES string of the molecule is CCC(C)NCCOc1ccc(Cc2cc(-c3c(O)ccc4c3CCCC4)c(N)c(F)c2OC)cc1. The molecule has 0 bridgehead atoms. The molecule has 1 aliphatic carbocycles. The van der Waals surface area contributed by atoms with Gasteiger partial charge in [0.05, 0.1) is 12.8 Å². The molecular weight excluding hydrogens is 455 g/mol. The molecule has 0 saturated heterocycles. The van der Waals surface area contributed by atoms with Gasteiger partial charge in [-0.25, -0.2) is 4.39 Å². The standard InChI is InChI=1S/C30H37FN2O3/c1-4-19(2)33-15-16-36-23-12-9-20(10-13-23)17-22-18-25(29(32)28(31)30(22)35-3)27-24-8-6-5-7-21(24)11-14-26(27)34/h9-14,18-19,33-34H,4-8,15-17,32H2,1-3H3. The minimum Gasteiger partial charge on any atom is -0.507 e. The molecule has 3 aromatic carbocycles. The molecule has 0 aliphatic heterocycles. The quantitative estimate of drug-likeness (QED) is 0.238. The first kappa shape index (κ1) is 25.8. The number of phenols is 1. The minimum atomic E-state index is -0.591. The van der Waals surface area contributed by atoms with Crippen LogP contribution in [-0.4, -0.2) is 31.4 Å². The summed E-state index contributed by atoms with van der Waals surface area (Å²) in [6.45, 7) is 5.69. The van der Waals surface area contributed by atoms with Crippen molar-refractivity contribution in [3.05, 3.63) is 70.5 Å². The number of hydrogen-bond acceptors (Lipinski definition) is 5. The number of methoxy groups -OCH3 is 1. The van der Waals surface area contributed by atoms with Crippen LogP contribution in [0.2, 0.25) is 0 Å². The maximum absolute atomic E-state index is 15.4. The monoisotopic (exact) mass is 492 g/mol. The first-order chi connectivity index (χ1) is 17.4. The summed E-state index contributed by atoms with van der Waals surface area (Å²) >= 11 is 0. The molecular formula is C30H37FN2O3. The lowest BCUT2D eigenvalue weighted by molar-refractivity contribution is 0.306. The Labute approximate surface area is 213 Å². The number of benzene rings is 3. The molecule has 0 radical (unpaired) electrons. The van der Waals surface area contributed by atoms with E-state index < -0.39 is 5.82 Å². The summed E-state index contributed by atoms with van der Waals surface area (Å²) in [7, 11) is 1.45. The molecule has 1 unspecified atom stereocenters. The van der Waals surface area contributed by atoms with Crippen molar-refractivity contribution in [3.63, 3.8) is 0 Å². The fraction of sp³-hybridized carbons (Fsp3) is 0.400. The maximum atomic E-state index is 15.4. The lowest BCUT2D eigenvalue weighted by atomic mass is 9.84. The van der Waals surface area contributed by atoms with Gasteiger partial charge in [-0.1, -0.05) is 25.1 Å². The summed E-state index contributed by atoms with van der Waals surface area (Å²) in [6, 6.07) is 13.8. The molecule has 0 heterocycles. The van der Waals surface area contributed by atoms with Gasteiger partial charge in [0.25, 0.3) is 0 Å². The lowest BCUT2D eigenvalue weighted by Crippen LogP contribution is -2.29. The molecule has 1 atom stereocenters. The Morgan fingerprint density at radius 2 is 1.86 bits per heavy atom. The molecule has 4 rings (SSSR count). The highest BCUT2D eigenvalue weighted by Gasteiger charge is 2.24. The van der Waals surface area contributed by atoms with Crippen molar-refractivity contribution >= 4 is 5.69 Å². The molecule has 0 amide bonds. The van der Waals surface area contributed by atoms with E-state index in [2.05, 4.69) is 19.2 Å². The third-order valence-electron chi connectivity index (χ3n) is 7.11. The second-order valence-corrected chi connectivity index (χ2v) is 9.58. The van der Waals surface area contributed by atoms with Crippen molar-refractivity contribution in [2.45, 2.75) is 58.4 Å². The number of fused-ring (bicyclic) bond motifs is 1.